The standard InChI is InChI=1S/C26H29N5OS/c1-17-7-6-8-21-24(17)27-18(2)31(25(21)32)19-9-10-22-23(15-19)33-26(28-22)30-14-11-20(16-30)29-12-4-3-5-13-29/h6-10,15,20H,3-5,11-14,16H2,1-2H3. The molecule has 6 nitrogen and oxygen atoms in total. The minimum absolute atomic E-state index is 0.0193. The Morgan fingerprint density at radius 1 is 1.00 bits per heavy atom. The SMILES string of the molecule is Cc1cccc2c(=O)n(-c3ccc4nc(N5CCC(N6CCCCC6)C5)sc4c3)c(C)nc12. The van der Waals surface area contributed by atoms with Gasteiger partial charge in [0.1, 0.15) is 5.82 Å². The summed E-state index contributed by atoms with van der Waals surface area (Å²) >= 11 is 1.73. The molecule has 2 aliphatic heterocycles. The smallest absolute Gasteiger partial charge is 0.265 e. The van der Waals surface area contributed by atoms with E-state index in [0.717, 1.165) is 45.2 Å². The van der Waals surface area contributed by atoms with Crippen molar-refractivity contribution < 1.29 is 0 Å². The van der Waals surface area contributed by atoms with E-state index in [1.165, 1.54) is 38.8 Å². The van der Waals surface area contributed by atoms with Gasteiger partial charge in [-0.1, -0.05) is 29.9 Å². The minimum atomic E-state index is -0.0193. The van der Waals surface area contributed by atoms with E-state index >= 15 is 0 Å². The number of para-hydroxylation sites is 1. The fraction of sp³-hybridized carbons (Fsp3) is 0.423. The Morgan fingerprint density at radius 2 is 1.85 bits per heavy atom. The summed E-state index contributed by atoms with van der Waals surface area (Å²) in [5.41, 5.74) is 3.64. The zero-order valence-electron chi connectivity index (χ0n) is 19.3. The maximum Gasteiger partial charge on any atom is 0.265 e. The van der Waals surface area contributed by atoms with Gasteiger partial charge in [-0.3, -0.25) is 14.3 Å². The van der Waals surface area contributed by atoms with Crippen LogP contribution >= 0.6 is 11.3 Å². The number of piperidine rings is 1. The molecular formula is C26H29N5OS. The van der Waals surface area contributed by atoms with Gasteiger partial charge >= 0.3 is 0 Å². The number of hydrogen-bond acceptors (Lipinski definition) is 6. The van der Waals surface area contributed by atoms with E-state index in [1.54, 1.807) is 15.9 Å². The molecule has 4 heterocycles. The molecule has 33 heavy (non-hydrogen) atoms. The highest BCUT2D eigenvalue weighted by molar-refractivity contribution is 7.22. The number of likely N-dealkylation sites (tertiary alicyclic amines) is 1. The molecule has 1 atom stereocenters. The van der Waals surface area contributed by atoms with E-state index in [-0.39, 0.29) is 5.56 Å². The summed E-state index contributed by atoms with van der Waals surface area (Å²) in [5.74, 6) is 0.704. The molecule has 2 fully saturated rings. The van der Waals surface area contributed by atoms with Crippen LogP contribution in [0.3, 0.4) is 0 Å². The Labute approximate surface area is 197 Å². The second-order valence-electron chi connectivity index (χ2n) is 9.40. The van der Waals surface area contributed by atoms with Crippen LogP contribution in [0.4, 0.5) is 5.13 Å². The van der Waals surface area contributed by atoms with Gasteiger partial charge in [0.15, 0.2) is 5.13 Å². The van der Waals surface area contributed by atoms with Gasteiger partial charge in [0.05, 0.1) is 26.8 Å². The third-order valence-electron chi connectivity index (χ3n) is 7.23. The Hall–Kier alpha value is -2.77. The lowest BCUT2D eigenvalue weighted by Gasteiger charge is -2.32. The van der Waals surface area contributed by atoms with Crippen LogP contribution in [-0.2, 0) is 0 Å². The highest BCUT2D eigenvalue weighted by atomic mass is 32.1. The van der Waals surface area contributed by atoms with Gasteiger partial charge in [-0.05, 0) is 76.0 Å². The average molecular weight is 460 g/mol. The van der Waals surface area contributed by atoms with E-state index in [9.17, 15) is 4.79 Å². The molecule has 6 rings (SSSR count). The molecule has 0 amide bonds. The zero-order valence-corrected chi connectivity index (χ0v) is 20.1. The van der Waals surface area contributed by atoms with Gasteiger partial charge in [0.2, 0.25) is 0 Å². The maximum atomic E-state index is 13.3. The van der Waals surface area contributed by atoms with Gasteiger partial charge in [0, 0.05) is 19.1 Å². The normalized spacial score (nSPS) is 19.7. The van der Waals surface area contributed by atoms with Gasteiger partial charge in [-0.15, -0.1) is 0 Å². The van der Waals surface area contributed by atoms with Crippen molar-refractivity contribution in [1.29, 1.82) is 0 Å². The van der Waals surface area contributed by atoms with Crippen molar-refractivity contribution in [2.75, 3.05) is 31.1 Å². The number of benzene rings is 2. The van der Waals surface area contributed by atoms with Crippen molar-refractivity contribution in [3.05, 3.63) is 58.1 Å². The molecule has 0 bridgehead atoms. The number of aryl methyl sites for hydroxylation is 2. The predicted octanol–water partition coefficient (Wildman–Crippen LogP) is 4.68. The van der Waals surface area contributed by atoms with Crippen molar-refractivity contribution in [3.63, 3.8) is 0 Å². The molecule has 0 radical (unpaired) electrons. The van der Waals surface area contributed by atoms with E-state index in [0.29, 0.717) is 17.3 Å². The van der Waals surface area contributed by atoms with E-state index in [4.69, 9.17) is 9.97 Å². The number of aromatic nitrogens is 3. The third-order valence-corrected chi connectivity index (χ3v) is 8.31. The van der Waals surface area contributed by atoms with Crippen LogP contribution in [-0.4, -0.2) is 51.7 Å². The number of anilines is 1. The lowest BCUT2D eigenvalue weighted by Crippen LogP contribution is -2.40. The molecule has 4 aromatic rings. The number of nitrogens with zero attached hydrogens (tertiary/aromatic N) is 5. The van der Waals surface area contributed by atoms with Crippen molar-refractivity contribution in [3.8, 4) is 5.69 Å². The molecule has 2 aromatic carbocycles. The lowest BCUT2D eigenvalue weighted by molar-refractivity contribution is 0.175. The summed E-state index contributed by atoms with van der Waals surface area (Å²) in [6, 6.07) is 12.6. The van der Waals surface area contributed by atoms with Crippen LogP contribution < -0.4 is 10.5 Å². The van der Waals surface area contributed by atoms with E-state index < -0.39 is 0 Å². The molecular weight excluding hydrogens is 430 g/mol. The molecule has 2 aromatic heterocycles. The molecule has 170 valence electrons. The second kappa shape index (κ2) is 8.22. The highest BCUT2D eigenvalue weighted by Gasteiger charge is 2.30. The Balaban J connectivity index is 1.33. The Morgan fingerprint density at radius 3 is 2.70 bits per heavy atom. The van der Waals surface area contributed by atoms with Gasteiger partial charge in [0.25, 0.3) is 5.56 Å². The topological polar surface area (TPSA) is 54.3 Å². The molecule has 0 N–H and O–H groups in total. The number of thiazole rings is 1. The molecule has 0 aliphatic carbocycles. The van der Waals surface area contributed by atoms with Gasteiger partial charge < -0.3 is 4.90 Å². The van der Waals surface area contributed by atoms with Crippen molar-refractivity contribution in [2.24, 2.45) is 0 Å². The maximum absolute atomic E-state index is 13.3. The van der Waals surface area contributed by atoms with E-state index in [1.807, 2.05) is 44.2 Å². The first-order valence-electron chi connectivity index (χ1n) is 12.0. The predicted molar refractivity (Wildman–Crippen MR) is 136 cm³/mol. The minimum Gasteiger partial charge on any atom is -0.346 e. The summed E-state index contributed by atoms with van der Waals surface area (Å²) in [5, 5.41) is 1.75. The first kappa shape index (κ1) is 20.8. The number of hydrogen-bond donors (Lipinski definition) is 0. The van der Waals surface area contributed by atoms with Crippen molar-refractivity contribution >= 4 is 37.6 Å². The van der Waals surface area contributed by atoms with Crippen LogP contribution in [0.1, 0.15) is 37.1 Å². The number of fused-ring (bicyclic) bond motifs is 2. The average Bonchev–Trinajstić information content (AvgIpc) is 3.47. The first-order valence-corrected chi connectivity index (χ1v) is 12.8. The molecule has 2 saturated heterocycles. The zero-order chi connectivity index (χ0) is 22.5. The summed E-state index contributed by atoms with van der Waals surface area (Å²) in [6.07, 6.45) is 5.27. The molecule has 0 saturated carbocycles. The summed E-state index contributed by atoms with van der Waals surface area (Å²) in [4.78, 5) is 28.2. The van der Waals surface area contributed by atoms with Gasteiger partial charge in [-0.25, -0.2) is 9.97 Å². The van der Waals surface area contributed by atoms with Crippen LogP contribution in [0.5, 0.6) is 0 Å². The summed E-state index contributed by atoms with van der Waals surface area (Å²) < 4.78 is 2.84. The lowest BCUT2D eigenvalue weighted by atomic mass is 10.1. The van der Waals surface area contributed by atoms with Crippen molar-refractivity contribution in [2.45, 2.75) is 45.6 Å². The van der Waals surface area contributed by atoms with Gasteiger partial charge in [-0.2, -0.15) is 0 Å². The number of rotatable bonds is 3. The summed E-state index contributed by atoms with van der Waals surface area (Å²) in [6.45, 7) is 8.53. The van der Waals surface area contributed by atoms with Crippen molar-refractivity contribution in [1.82, 2.24) is 19.4 Å². The summed E-state index contributed by atoms with van der Waals surface area (Å²) in [7, 11) is 0. The molecule has 1 unspecified atom stereocenters. The molecule has 2 aliphatic rings. The third kappa shape index (κ3) is 3.63. The monoisotopic (exact) mass is 459 g/mol. The van der Waals surface area contributed by atoms with E-state index in [2.05, 4.69) is 15.9 Å². The van der Waals surface area contributed by atoms with Crippen LogP contribution in [0.15, 0.2) is 41.2 Å². The quantitative estimate of drug-likeness (QED) is 0.445. The Kier molecular flexibility index (Phi) is 5.18. The first-order chi connectivity index (χ1) is 16.1. The van der Waals surface area contributed by atoms with Crippen LogP contribution in [0, 0.1) is 13.8 Å². The molecule has 7 heteroatoms. The Bertz CT molecular complexity index is 1400. The fourth-order valence-corrected chi connectivity index (χ4v) is 6.47. The highest BCUT2D eigenvalue weighted by Crippen LogP contribution is 2.33. The fourth-order valence-electron chi connectivity index (χ4n) is 5.44. The van der Waals surface area contributed by atoms with Crippen LogP contribution in [0.25, 0.3) is 26.8 Å². The second-order valence-corrected chi connectivity index (χ2v) is 10.4. The van der Waals surface area contributed by atoms with Crippen LogP contribution in [0.2, 0.25) is 0 Å². The molecule has 0 spiro atoms. The largest absolute Gasteiger partial charge is 0.346 e.